The zero-order valence-corrected chi connectivity index (χ0v) is 34.9. The average molecular weight is 895 g/mol. The van der Waals surface area contributed by atoms with Crippen molar-refractivity contribution in [3.63, 3.8) is 0 Å². The fourth-order valence-corrected chi connectivity index (χ4v) is 7.58. The summed E-state index contributed by atoms with van der Waals surface area (Å²) in [7, 11) is 0. The molecule has 6 aromatic heterocycles. The van der Waals surface area contributed by atoms with Crippen molar-refractivity contribution in [1.82, 2.24) is 55.2 Å². The van der Waals surface area contributed by atoms with Gasteiger partial charge in [0.05, 0.1) is 56.7 Å². The van der Waals surface area contributed by atoms with Crippen LogP contribution in [0.3, 0.4) is 0 Å². The number of hydrogen-bond donors (Lipinski definition) is 2. The minimum Gasteiger partial charge on any atom is -0.478 e. The summed E-state index contributed by atoms with van der Waals surface area (Å²) in [5.74, 6) is -2.09. The van der Waals surface area contributed by atoms with Crippen molar-refractivity contribution < 1.29 is 23.5 Å². The molecule has 10 rings (SSSR count). The number of rotatable bonds is 9. The Bertz CT molecular complexity index is 3450. The summed E-state index contributed by atoms with van der Waals surface area (Å²) >= 11 is 12.4. The molecule has 0 saturated carbocycles. The molecule has 6 heterocycles. The largest absolute Gasteiger partial charge is 0.478 e. The number of carboxylic acid groups (broad SMARTS) is 1. The van der Waals surface area contributed by atoms with Gasteiger partial charge >= 0.3 is 5.97 Å². The van der Waals surface area contributed by atoms with Gasteiger partial charge in [0.1, 0.15) is 22.7 Å². The van der Waals surface area contributed by atoms with Gasteiger partial charge < -0.3 is 10.4 Å². The van der Waals surface area contributed by atoms with Crippen LogP contribution in [0.5, 0.6) is 0 Å². The van der Waals surface area contributed by atoms with E-state index in [1.165, 1.54) is 22.9 Å². The van der Waals surface area contributed by atoms with E-state index < -0.39 is 5.97 Å². The summed E-state index contributed by atoms with van der Waals surface area (Å²) in [5.41, 5.74) is 7.21. The highest BCUT2D eigenvalue weighted by Gasteiger charge is 2.17. The molecule has 1 amide bonds. The highest BCUT2D eigenvalue weighted by Crippen LogP contribution is 2.29. The van der Waals surface area contributed by atoms with Crippen LogP contribution in [0.1, 0.15) is 38.8 Å². The van der Waals surface area contributed by atoms with Crippen molar-refractivity contribution in [2.45, 2.75) is 20.0 Å². The number of fused-ring (bicyclic) bond motifs is 4. The SMILES string of the molecule is CCNC(=O)c1ccc(-c2ccc3nnn(Cc4cc5cccnc5cc4F)c3n2)cc1Cl.O=C(O)c1ccc(-c2ccc3nnn(Cc4cc5cccnc5cc4F)c3n2)cc1Cl. The molecule has 0 aliphatic heterocycles. The molecule has 10 aromatic rings. The summed E-state index contributed by atoms with van der Waals surface area (Å²) in [6, 6.07) is 30.5. The van der Waals surface area contributed by atoms with Gasteiger partial charge in [-0.3, -0.25) is 14.8 Å². The van der Waals surface area contributed by atoms with E-state index in [-0.39, 0.29) is 41.2 Å². The molecule has 14 nitrogen and oxygen atoms in total. The van der Waals surface area contributed by atoms with Crippen LogP contribution >= 0.6 is 23.2 Å². The Morgan fingerprint density at radius 3 is 1.56 bits per heavy atom. The van der Waals surface area contributed by atoms with Gasteiger partial charge in [-0.15, -0.1) is 10.2 Å². The van der Waals surface area contributed by atoms with E-state index in [1.807, 2.05) is 25.1 Å². The van der Waals surface area contributed by atoms with Crippen molar-refractivity contribution in [2.24, 2.45) is 0 Å². The van der Waals surface area contributed by atoms with Gasteiger partial charge in [0, 0.05) is 64.1 Å². The summed E-state index contributed by atoms with van der Waals surface area (Å²) in [6.07, 6.45) is 3.25. The Morgan fingerprint density at radius 2 is 1.11 bits per heavy atom. The minimum atomic E-state index is -1.10. The van der Waals surface area contributed by atoms with E-state index in [2.05, 4.69) is 45.9 Å². The number of nitrogens with one attached hydrogen (secondary N) is 1. The van der Waals surface area contributed by atoms with Gasteiger partial charge in [0.15, 0.2) is 11.3 Å². The first-order valence-corrected chi connectivity index (χ1v) is 20.4. The number of carboxylic acids is 1. The first-order valence-electron chi connectivity index (χ1n) is 19.6. The molecule has 316 valence electrons. The third-order valence-corrected chi connectivity index (χ3v) is 10.9. The molecule has 18 heteroatoms. The van der Waals surface area contributed by atoms with Crippen LogP contribution in [0.2, 0.25) is 10.0 Å². The lowest BCUT2D eigenvalue weighted by molar-refractivity contribution is 0.0696. The summed E-state index contributed by atoms with van der Waals surface area (Å²) < 4.78 is 32.4. The first-order chi connectivity index (χ1) is 31.0. The van der Waals surface area contributed by atoms with Gasteiger partial charge in [-0.25, -0.2) is 32.9 Å². The van der Waals surface area contributed by atoms with Gasteiger partial charge in [0.2, 0.25) is 0 Å². The number of carbonyl (C=O) groups excluding carboxylic acids is 1. The molecular formula is C46H31Cl2F2N11O3. The number of pyridine rings is 4. The van der Waals surface area contributed by atoms with Gasteiger partial charge in [-0.1, -0.05) is 57.9 Å². The molecule has 0 bridgehead atoms. The number of aromatic carboxylic acids is 1. The highest BCUT2D eigenvalue weighted by molar-refractivity contribution is 6.34. The maximum atomic E-state index is 14.7. The fourth-order valence-electron chi connectivity index (χ4n) is 7.05. The molecule has 2 N–H and O–H groups in total. The molecule has 0 atom stereocenters. The van der Waals surface area contributed by atoms with E-state index >= 15 is 0 Å². The molecule has 0 fully saturated rings. The van der Waals surface area contributed by atoms with Gasteiger partial charge in [-0.05, 0) is 79.7 Å². The average Bonchev–Trinajstić information content (AvgIpc) is 3.89. The Balaban J connectivity index is 0.000000162. The Kier molecular flexibility index (Phi) is 11.4. The van der Waals surface area contributed by atoms with E-state index in [1.54, 1.807) is 89.9 Å². The normalized spacial score (nSPS) is 11.3. The predicted octanol–water partition coefficient (Wildman–Crippen LogP) is 9.21. The maximum Gasteiger partial charge on any atom is 0.337 e. The van der Waals surface area contributed by atoms with Crippen molar-refractivity contribution in [3.05, 3.63) is 166 Å². The lowest BCUT2D eigenvalue weighted by Gasteiger charge is -2.08. The Morgan fingerprint density at radius 1 is 0.625 bits per heavy atom. The second kappa shape index (κ2) is 17.5. The molecule has 0 spiro atoms. The lowest BCUT2D eigenvalue weighted by atomic mass is 10.1. The standard InChI is InChI=1S/C24H18ClFN6O.C22H13ClFN5O2/c1-2-27-24(33)17-6-5-15(11-18(17)25)20-7-8-21-23(29-20)32(31-30-21)13-16-10-14-4-3-9-28-22(14)12-19(16)26;23-16-9-13(3-4-15(16)22(30)31)18-5-6-19-21(26-18)29(28-27-19)11-14-8-12-2-1-7-25-20(12)10-17(14)24/h3-12H,2,13H2,1H3,(H,27,33);1-10H,11H2,(H,30,31). The van der Waals surface area contributed by atoms with Crippen LogP contribution in [0, 0.1) is 11.6 Å². The summed E-state index contributed by atoms with van der Waals surface area (Å²) in [6.45, 7) is 2.67. The van der Waals surface area contributed by atoms with Crippen molar-refractivity contribution in [3.8, 4) is 22.5 Å². The molecule has 0 radical (unpaired) electrons. The highest BCUT2D eigenvalue weighted by atomic mass is 35.5. The summed E-state index contributed by atoms with van der Waals surface area (Å²) in [5, 5.41) is 30.5. The smallest absolute Gasteiger partial charge is 0.337 e. The number of amides is 1. The van der Waals surface area contributed by atoms with Crippen molar-refractivity contribution >= 4 is 79.2 Å². The van der Waals surface area contributed by atoms with Crippen LogP contribution in [-0.4, -0.2) is 73.5 Å². The lowest BCUT2D eigenvalue weighted by Crippen LogP contribution is -2.22. The van der Waals surface area contributed by atoms with Crippen LogP contribution in [-0.2, 0) is 13.1 Å². The number of benzene rings is 4. The Labute approximate surface area is 371 Å². The fraction of sp³-hybridized carbons (Fsp3) is 0.0870. The molecular weight excluding hydrogens is 863 g/mol. The monoisotopic (exact) mass is 893 g/mol. The van der Waals surface area contributed by atoms with E-state index in [9.17, 15) is 18.4 Å². The van der Waals surface area contributed by atoms with Crippen LogP contribution in [0.25, 0.3) is 66.6 Å². The minimum absolute atomic E-state index is 0.0134. The van der Waals surface area contributed by atoms with Crippen molar-refractivity contribution in [2.75, 3.05) is 6.54 Å². The van der Waals surface area contributed by atoms with Crippen LogP contribution in [0.4, 0.5) is 8.78 Å². The number of carbonyl (C=O) groups is 2. The van der Waals surface area contributed by atoms with Gasteiger partial charge in [-0.2, -0.15) is 0 Å². The molecule has 0 unspecified atom stereocenters. The second-order valence-corrected chi connectivity index (χ2v) is 15.2. The number of nitrogens with zero attached hydrogens (tertiary/aromatic N) is 10. The van der Waals surface area contributed by atoms with E-state index in [0.717, 1.165) is 16.3 Å². The van der Waals surface area contributed by atoms with E-state index in [0.29, 0.717) is 78.6 Å². The zero-order valence-electron chi connectivity index (χ0n) is 33.4. The summed E-state index contributed by atoms with van der Waals surface area (Å²) in [4.78, 5) is 40.9. The Hall–Kier alpha value is -7.82. The van der Waals surface area contributed by atoms with Crippen LogP contribution < -0.4 is 5.32 Å². The third-order valence-electron chi connectivity index (χ3n) is 10.2. The molecule has 4 aromatic carbocycles. The maximum absolute atomic E-state index is 14.7. The van der Waals surface area contributed by atoms with Gasteiger partial charge in [0.25, 0.3) is 5.91 Å². The molecule has 0 saturated heterocycles. The quantitative estimate of drug-likeness (QED) is 0.141. The number of halogens is 4. The van der Waals surface area contributed by atoms with Crippen LogP contribution in [0.15, 0.2) is 122 Å². The predicted molar refractivity (Wildman–Crippen MR) is 238 cm³/mol. The topological polar surface area (TPSA) is 179 Å². The zero-order chi connectivity index (χ0) is 44.5. The third kappa shape index (κ3) is 8.39. The number of hydrogen-bond acceptors (Lipinski definition) is 10. The second-order valence-electron chi connectivity index (χ2n) is 14.4. The molecule has 0 aliphatic rings. The molecule has 64 heavy (non-hydrogen) atoms. The first kappa shape index (κ1) is 41.5. The van der Waals surface area contributed by atoms with E-state index in [4.69, 9.17) is 28.3 Å². The van der Waals surface area contributed by atoms with Crippen molar-refractivity contribution in [1.29, 1.82) is 0 Å². The number of aromatic nitrogens is 10. The molecule has 0 aliphatic carbocycles.